The molecule has 1 atom stereocenters. The molecular formula is C16H27N5O2. The van der Waals surface area contributed by atoms with Gasteiger partial charge in [-0.1, -0.05) is 13.8 Å². The number of amides is 3. The van der Waals surface area contributed by atoms with Crippen molar-refractivity contribution in [2.45, 2.75) is 53.6 Å². The lowest BCUT2D eigenvalue weighted by Gasteiger charge is -2.35. The van der Waals surface area contributed by atoms with Gasteiger partial charge in [0.25, 0.3) is 0 Å². The number of anilines is 1. The van der Waals surface area contributed by atoms with E-state index < -0.39 is 6.04 Å². The highest BCUT2D eigenvalue weighted by Crippen LogP contribution is 2.21. The van der Waals surface area contributed by atoms with E-state index in [4.69, 9.17) is 0 Å². The van der Waals surface area contributed by atoms with Gasteiger partial charge >= 0.3 is 6.03 Å². The van der Waals surface area contributed by atoms with E-state index in [0.717, 1.165) is 23.6 Å². The van der Waals surface area contributed by atoms with Crippen molar-refractivity contribution in [3.05, 3.63) is 11.4 Å². The van der Waals surface area contributed by atoms with Crippen LogP contribution in [0, 0.1) is 19.8 Å². The summed E-state index contributed by atoms with van der Waals surface area (Å²) in [5.74, 6) is 0.267. The van der Waals surface area contributed by atoms with Gasteiger partial charge in [0, 0.05) is 19.6 Å². The molecule has 0 bridgehead atoms. The molecule has 0 aromatic carbocycles. The number of carbonyl (C=O) groups excluding carboxylic acids is 2. The third kappa shape index (κ3) is 3.65. The molecule has 0 aliphatic carbocycles. The van der Waals surface area contributed by atoms with Gasteiger partial charge in [0.05, 0.1) is 17.1 Å². The molecule has 1 unspecified atom stereocenters. The van der Waals surface area contributed by atoms with Crippen molar-refractivity contribution >= 4 is 17.6 Å². The van der Waals surface area contributed by atoms with Crippen LogP contribution in [0.1, 0.15) is 38.6 Å². The quantitative estimate of drug-likeness (QED) is 0.889. The van der Waals surface area contributed by atoms with E-state index in [1.165, 1.54) is 0 Å². The summed E-state index contributed by atoms with van der Waals surface area (Å²) in [5, 5.41) is 10.2. The van der Waals surface area contributed by atoms with Crippen molar-refractivity contribution in [2.75, 3.05) is 18.4 Å². The van der Waals surface area contributed by atoms with Crippen LogP contribution in [0.3, 0.4) is 0 Å². The first kappa shape index (κ1) is 17.3. The number of carbonyl (C=O) groups is 2. The predicted octanol–water partition coefficient (Wildman–Crippen LogP) is 1.90. The molecule has 23 heavy (non-hydrogen) atoms. The Morgan fingerprint density at radius 2 is 2.13 bits per heavy atom. The van der Waals surface area contributed by atoms with Gasteiger partial charge in [-0.2, -0.15) is 5.10 Å². The van der Waals surface area contributed by atoms with Crippen LogP contribution in [0.4, 0.5) is 10.5 Å². The molecule has 1 aromatic heterocycles. The Hall–Kier alpha value is -2.05. The van der Waals surface area contributed by atoms with Crippen molar-refractivity contribution in [3.8, 4) is 0 Å². The van der Waals surface area contributed by atoms with Gasteiger partial charge in [0.2, 0.25) is 5.91 Å². The van der Waals surface area contributed by atoms with Gasteiger partial charge in [-0.05, 0) is 33.1 Å². The van der Waals surface area contributed by atoms with Crippen molar-refractivity contribution in [3.63, 3.8) is 0 Å². The Balaban J connectivity index is 2.18. The zero-order valence-corrected chi connectivity index (χ0v) is 14.6. The standard InChI is InChI=1S/C16H27N5O2/c1-6-21-12(5)14(11(4)19-21)18-16(23)20-8-7-17-15(22)13(20)9-10(2)3/h10,13H,6-9H2,1-5H3,(H,17,22)(H,18,23). The molecule has 1 fully saturated rings. The fourth-order valence-corrected chi connectivity index (χ4v) is 3.00. The van der Waals surface area contributed by atoms with Gasteiger partial charge in [0.1, 0.15) is 6.04 Å². The fourth-order valence-electron chi connectivity index (χ4n) is 3.00. The molecule has 1 aromatic rings. The van der Waals surface area contributed by atoms with Gasteiger partial charge in [0.15, 0.2) is 0 Å². The topological polar surface area (TPSA) is 79.3 Å². The molecule has 0 saturated carbocycles. The van der Waals surface area contributed by atoms with E-state index in [-0.39, 0.29) is 11.9 Å². The maximum atomic E-state index is 12.7. The minimum Gasteiger partial charge on any atom is -0.353 e. The summed E-state index contributed by atoms with van der Waals surface area (Å²) in [6.45, 7) is 11.7. The summed E-state index contributed by atoms with van der Waals surface area (Å²) in [4.78, 5) is 26.5. The first-order chi connectivity index (χ1) is 10.8. The zero-order valence-electron chi connectivity index (χ0n) is 14.6. The molecule has 7 nitrogen and oxygen atoms in total. The molecule has 1 saturated heterocycles. The van der Waals surface area contributed by atoms with Crippen LogP contribution in [0.5, 0.6) is 0 Å². The summed E-state index contributed by atoms with van der Waals surface area (Å²) in [7, 11) is 0. The van der Waals surface area contributed by atoms with Crippen LogP contribution in [0.25, 0.3) is 0 Å². The molecule has 2 N–H and O–H groups in total. The second-order valence-corrected chi connectivity index (χ2v) is 6.42. The highest BCUT2D eigenvalue weighted by Gasteiger charge is 2.34. The van der Waals surface area contributed by atoms with Crippen LogP contribution in [0.15, 0.2) is 0 Å². The Morgan fingerprint density at radius 1 is 1.43 bits per heavy atom. The molecule has 7 heteroatoms. The molecule has 0 spiro atoms. The number of hydrogen-bond acceptors (Lipinski definition) is 3. The summed E-state index contributed by atoms with van der Waals surface area (Å²) < 4.78 is 1.86. The Kier molecular flexibility index (Phi) is 5.28. The van der Waals surface area contributed by atoms with Gasteiger partial charge in [-0.15, -0.1) is 0 Å². The van der Waals surface area contributed by atoms with E-state index in [9.17, 15) is 9.59 Å². The molecule has 2 rings (SSSR count). The lowest BCUT2D eigenvalue weighted by Crippen LogP contribution is -2.58. The van der Waals surface area contributed by atoms with E-state index in [1.54, 1.807) is 4.90 Å². The lowest BCUT2D eigenvalue weighted by molar-refractivity contribution is -0.128. The largest absolute Gasteiger partial charge is 0.353 e. The number of rotatable bonds is 4. The number of nitrogens with zero attached hydrogens (tertiary/aromatic N) is 3. The van der Waals surface area contributed by atoms with Crippen molar-refractivity contribution < 1.29 is 9.59 Å². The SMILES string of the molecule is CCn1nc(C)c(NC(=O)N2CCNC(=O)C2CC(C)C)c1C. The first-order valence-corrected chi connectivity index (χ1v) is 8.24. The molecular weight excluding hydrogens is 294 g/mol. The number of nitrogens with one attached hydrogen (secondary N) is 2. The highest BCUT2D eigenvalue weighted by molar-refractivity contribution is 5.95. The van der Waals surface area contributed by atoms with E-state index in [2.05, 4.69) is 29.6 Å². The first-order valence-electron chi connectivity index (χ1n) is 8.24. The highest BCUT2D eigenvalue weighted by atomic mass is 16.2. The summed E-state index contributed by atoms with van der Waals surface area (Å²) in [5.41, 5.74) is 2.46. The van der Waals surface area contributed by atoms with Crippen molar-refractivity contribution in [1.82, 2.24) is 20.0 Å². The van der Waals surface area contributed by atoms with Gasteiger partial charge in [-0.25, -0.2) is 4.79 Å². The summed E-state index contributed by atoms with van der Waals surface area (Å²) in [6.07, 6.45) is 0.658. The molecule has 1 aliphatic heterocycles. The Bertz CT molecular complexity index is 594. The third-order valence-corrected chi connectivity index (χ3v) is 4.20. The van der Waals surface area contributed by atoms with Crippen LogP contribution in [0.2, 0.25) is 0 Å². The number of hydrogen-bond donors (Lipinski definition) is 2. The average molecular weight is 321 g/mol. The maximum Gasteiger partial charge on any atom is 0.322 e. The molecule has 3 amide bonds. The van der Waals surface area contributed by atoms with Gasteiger partial charge in [-0.3, -0.25) is 9.48 Å². The van der Waals surface area contributed by atoms with Crippen molar-refractivity contribution in [1.29, 1.82) is 0 Å². The second kappa shape index (κ2) is 7.02. The molecule has 1 aliphatic rings. The number of aromatic nitrogens is 2. The minimum absolute atomic E-state index is 0.0715. The zero-order chi connectivity index (χ0) is 17.1. The third-order valence-electron chi connectivity index (χ3n) is 4.20. The molecule has 0 radical (unpaired) electrons. The fraction of sp³-hybridized carbons (Fsp3) is 0.688. The normalized spacial score (nSPS) is 18.3. The maximum absolute atomic E-state index is 12.7. The number of aryl methyl sites for hydroxylation is 2. The molecule has 2 heterocycles. The summed E-state index contributed by atoms with van der Waals surface area (Å²) in [6, 6.07) is -0.641. The van der Waals surface area contributed by atoms with Gasteiger partial charge < -0.3 is 15.5 Å². The second-order valence-electron chi connectivity index (χ2n) is 6.42. The van der Waals surface area contributed by atoms with E-state index in [1.807, 2.05) is 25.5 Å². The van der Waals surface area contributed by atoms with E-state index >= 15 is 0 Å². The lowest BCUT2D eigenvalue weighted by atomic mass is 10.0. The van der Waals surface area contributed by atoms with Crippen LogP contribution >= 0.6 is 0 Å². The smallest absolute Gasteiger partial charge is 0.322 e. The van der Waals surface area contributed by atoms with Crippen LogP contribution < -0.4 is 10.6 Å². The average Bonchev–Trinajstić information content (AvgIpc) is 2.76. The monoisotopic (exact) mass is 321 g/mol. The van der Waals surface area contributed by atoms with Crippen LogP contribution in [-0.4, -0.2) is 45.8 Å². The minimum atomic E-state index is -0.411. The number of urea groups is 1. The van der Waals surface area contributed by atoms with Crippen LogP contribution in [-0.2, 0) is 11.3 Å². The molecule has 128 valence electrons. The number of piperazine rings is 1. The Morgan fingerprint density at radius 3 is 2.70 bits per heavy atom. The van der Waals surface area contributed by atoms with E-state index in [0.29, 0.717) is 25.4 Å². The predicted molar refractivity (Wildman–Crippen MR) is 89.4 cm³/mol. The summed E-state index contributed by atoms with van der Waals surface area (Å²) >= 11 is 0. The Labute approximate surface area is 137 Å². The van der Waals surface area contributed by atoms with Crippen molar-refractivity contribution in [2.24, 2.45) is 5.92 Å².